The molecule has 2 rings (SSSR count). The molecule has 0 radical (unpaired) electrons. The van der Waals surface area contributed by atoms with E-state index >= 15 is 0 Å². The number of benzene rings is 1. The summed E-state index contributed by atoms with van der Waals surface area (Å²) in [5.41, 5.74) is 1.53. The Morgan fingerprint density at radius 2 is 1.94 bits per heavy atom. The topological polar surface area (TPSA) is 35.5 Å². The molecule has 1 heterocycles. The lowest BCUT2D eigenvalue weighted by Gasteiger charge is -2.14. The summed E-state index contributed by atoms with van der Waals surface area (Å²) in [6.45, 7) is 4.71. The number of ketones is 1. The molecular weight excluding hydrogens is 272 g/mol. The zero-order chi connectivity index (χ0) is 11.7. The SMILES string of the molecule is CC(=O)c1cc(Br)c2c(c1C)OCCCO2. The van der Waals surface area contributed by atoms with E-state index in [0.717, 1.165) is 16.5 Å². The van der Waals surface area contributed by atoms with Gasteiger partial charge in [0.15, 0.2) is 17.3 Å². The standard InChI is InChI=1S/C12H13BrO3/c1-7-9(8(2)14)6-10(13)12-11(7)15-4-3-5-16-12/h6H,3-5H2,1-2H3. The Labute approximate surface area is 103 Å². The molecule has 0 saturated carbocycles. The van der Waals surface area contributed by atoms with Gasteiger partial charge >= 0.3 is 0 Å². The van der Waals surface area contributed by atoms with Gasteiger partial charge in [0.05, 0.1) is 17.7 Å². The molecule has 16 heavy (non-hydrogen) atoms. The minimum Gasteiger partial charge on any atom is -0.489 e. The quantitative estimate of drug-likeness (QED) is 0.744. The lowest BCUT2D eigenvalue weighted by Crippen LogP contribution is -2.02. The first-order valence-electron chi connectivity index (χ1n) is 5.21. The first-order chi connectivity index (χ1) is 7.61. The summed E-state index contributed by atoms with van der Waals surface area (Å²) in [6.07, 6.45) is 0.857. The van der Waals surface area contributed by atoms with Gasteiger partial charge in [-0.25, -0.2) is 0 Å². The van der Waals surface area contributed by atoms with Crippen molar-refractivity contribution in [2.24, 2.45) is 0 Å². The first kappa shape index (κ1) is 11.5. The summed E-state index contributed by atoms with van der Waals surface area (Å²) < 4.78 is 12.0. The van der Waals surface area contributed by atoms with Gasteiger partial charge in [-0.05, 0) is 35.8 Å². The zero-order valence-corrected chi connectivity index (χ0v) is 10.9. The van der Waals surface area contributed by atoms with Crippen LogP contribution in [0, 0.1) is 6.92 Å². The van der Waals surface area contributed by atoms with Crippen LogP contribution < -0.4 is 9.47 Å². The smallest absolute Gasteiger partial charge is 0.175 e. The average molecular weight is 285 g/mol. The molecule has 0 spiro atoms. The minimum atomic E-state index is 0.0360. The van der Waals surface area contributed by atoms with E-state index in [2.05, 4.69) is 15.9 Å². The van der Waals surface area contributed by atoms with Gasteiger partial charge in [-0.3, -0.25) is 4.79 Å². The van der Waals surface area contributed by atoms with Gasteiger partial charge < -0.3 is 9.47 Å². The van der Waals surface area contributed by atoms with Crippen LogP contribution in [-0.4, -0.2) is 19.0 Å². The third kappa shape index (κ3) is 1.94. The van der Waals surface area contributed by atoms with Crippen LogP contribution in [-0.2, 0) is 0 Å². The Morgan fingerprint density at radius 3 is 2.56 bits per heavy atom. The van der Waals surface area contributed by atoms with Crippen molar-refractivity contribution in [3.63, 3.8) is 0 Å². The second-order valence-corrected chi connectivity index (χ2v) is 4.65. The van der Waals surface area contributed by atoms with E-state index in [-0.39, 0.29) is 5.78 Å². The van der Waals surface area contributed by atoms with Crippen LogP contribution in [0.1, 0.15) is 29.3 Å². The fourth-order valence-electron chi connectivity index (χ4n) is 1.78. The highest BCUT2D eigenvalue weighted by Crippen LogP contribution is 2.41. The van der Waals surface area contributed by atoms with Gasteiger partial charge in [0.25, 0.3) is 0 Å². The van der Waals surface area contributed by atoms with E-state index in [0.29, 0.717) is 30.3 Å². The number of fused-ring (bicyclic) bond motifs is 1. The Morgan fingerprint density at radius 1 is 1.31 bits per heavy atom. The van der Waals surface area contributed by atoms with Crippen molar-refractivity contribution in [1.29, 1.82) is 0 Å². The van der Waals surface area contributed by atoms with Crippen molar-refractivity contribution in [1.82, 2.24) is 0 Å². The van der Waals surface area contributed by atoms with Crippen LogP contribution in [0.4, 0.5) is 0 Å². The zero-order valence-electron chi connectivity index (χ0n) is 9.30. The minimum absolute atomic E-state index is 0.0360. The fraction of sp³-hybridized carbons (Fsp3) is 0.417. The van der Waals surface area contributed by atoms with Crippen molar-refractivity contribution in [3.05, 3.63) is 21.7 Å². The molecule has 0 unspecified atom stereocenters. The van der Waals surface area contributed by atoms with E-state index in [1.165, 1.54) is 0 Å². The summed E-state index contributed by atoms with van der Waals surface area (Å²) >= 11 is 3.41. The number of halogens is 1. The molecule has 3 nitrogen and oxygen atoms in total. The summed E-state index contributed by atoms with van der Waals surface area (Å²) in [6, 6.07) is 1.80. The van der Waals surface area contributed by atoms with Crippen LogP contribution in [0.15, 0.2) is 10.5 Å². The molecule has 0 atom stereocenters. The maximum atomic E-state index is 11.5. The monoisotopic (exact) mass is 284 g/mol. The van der Waals surface area contributed by atoms with E-state index in [1.54, 1.807) is 13.0 Å². The highest BCUT2D eigenvalue weighted by molar-refractivity contribution is 9.10. The molecule has 1 aliphatic heterocycles. The average Bonchev–Trinajstić information content (AvgIpc) is 2.48. The largest absolute Gasteiger partial charge is 0.489 e. The van der Waals surface area contributed by atoms with Gasteiger partial charge in [0.1, 0.15) is 0 Å². The number of rotatable bonds is 1. The lowest BCUT2D eigenvalue weighted by molar-refractivity contribution is 0.101. The second kappa shape index (κ2) is 4.45. The number of hydrogen-bond donors (Lipinski definition) is 0. The van der Waals surface area contributed by atoms with Crippen molar-refractivity contribution in [3.8, 4) is 11.5 Å². The van der Waals surface area contributed by atoms with Crippen molar-refractivity contribution in [2.45, 2.75) is 20.3 Å². The maximum Gasteiger partial charge on any atom is 0.175 e. The van der Waals surface area contributed by atoms with Crippen molar-refractivity contribution < 1.29 is 14.3 Å². The fourth-order valence-corrected chi connectivity index (χ4v) is 2.31. The molecule has 0 bridgehead atoms. The molecule has 1 aromatic rings. The Bertz CT molecular complexity index is 440. The predicted molar refractivity (Wildman–Crippen MR) is 64.5 cm³/mol. The maximum absolute atomic E-state index is 11.5. The molecule has 86 valence electrons. The highest BCUT2D eigenvalue weighted by Gasteiger charge is 2.20. The first-order valence-corrected chi connectivity index (χ1v) is 6.00. The third-order valence-corrected chi connectivity index (χ3v) is 3.19. The van der Waals surface area contributed by atoms with Gasteiger partial charge in [0, 0.05) is 17.5 Å². The Kier molecular flexibility index (Phi) is 3.19. The second-order valence-electron chi connectivity index (χ2n) is 3.80. The van der Waals surface area contributed by atoms with Crippen molar-refractivity contribution in [2.75, 3.05) is 13.2 Å². The van der Waals surface area contributed by atoms with E-state index < -0.39 is 0 Å². The third-order valence-electron chi connectivity index (χ3n) is 2.60. The lowest BCUT2D eigenvalue weighted by atomic mass is 10.0. The normalized spacial score (nSPS) is 14.4. The molecule has 1 aliphatic rings. The predicted octanol–water partition coefficient (Wildman–Crippen LogP) is 3.12. The van der Waals surface area contributed by atoms with E-state index in [4.69, 9.17) is 9.47 Å². The molecule has 0 saturated heterocycles. The van der Waals surface area contributed by atoms with Gasteiger partial charge in [-0.1, -0.05) is 0 Å². The van der Waals surface area contributed by atoms with E-state index in [1.807, 2.05) is 6.92 Å². The number of hydrogen-bond acceptors (Lipinski definition) is 3. The summed E-state index contributed by atoms with van der Waals surface area (Å²) in [5, 5.41) is 0. The van der Waals surface area contributed by atoms with Gasteiger partial charge in [-0.2, -0.15) is 0 Å². The molecule has 0 aromatic heterocycles. The molecule has 0 aliphatic carbocycles. The van der Waals surface area contributed by atoms with Crippen LogP contribution in [0.25, 0.3) is 0 Å². The summed E-state index contributed by atoms with van der Waals surface area (Å²) in [4.78, 5) is 11.5. The number of carbonyl (C=O) groups excluding carboxylic acids is 1. The molecule has 4 heteroatoms. The van der Waals surface area contributed by atoms with Gasteiger partial charge in [-0.15, -0.1) is 0 Å². The number of ether oxygens (including phenoxy) is 2. The Balaban J connectivity index is 2.61. The van der Waals surface area contributed by atoms with Crippen LogP contribution >= 0.6 is 15.9 Å². The van der Waals surface area contributed by atoms with Crippen LogP contribution in [0.2, 0.25) is 0 Å². The van der Waals surface area contributed by atoms with E-state index in [9.17, 15) is 4.79 Å². The highest BCUT2D eigenvalue weighted by atomic mass is 79.9. The molecule has 1 aromatic carbocycles. The molecule has 0 N–H and O–H groups in total. The van der Waals surface area contributed by atoms with Crippen LogP contribution in [0.5, 0.6) is 11.5 Å². The van der Waals surface area contributed by atoms with Gasteiger partial charge in [0.2, 0.25) is 0 Å². The molecular formula is C12H13BrO3. The number of carbonyl (C=O) groups is 1. The molecule has 0 amide bonds. The Hall–Kier alpha value is -1.03. The summed E-state index contributed by atoms with van der Waals surface area (Å²) in [5.74, 6) is 1.44. The van der Waals surface area contributed by atoms with Crippen LogP contribution in [0.3, 0.4) is 0 Å². The number of Topliss-reactive ketones (excluding diaryl/α,β-unsaturated/α-hetero) is 1. The molecule has 0 fully saturated rings. The van der Waals surface area contributed by atoms with Crippen molar-refractivity contribution >= 4 is 21.7 Å². The summed E-state index contributed by atoms with van der Waals surface area (Å²) in [7, 11) is 0.